The molecule has 0 aromatic heterocycles. The molecular weight excluding hydrogens is 278 g/mol. The second kappa shape index (κ2) is 6.40. The van der Waals surface area contributed by atoms with E-state index in [1.807, 2.05) is 6.92 Å². The van der Waals surface area contributed by atoms with Crippen LogP contribution in [0.4, 0.5) is 11.4 Å². The molecule has 114 valence electrons. The molecule has 0 spiro atoms. The molecule has 1 heterocycles. The van der Waals surface area contributed by atoms with E-state index >= 15 is 0 Å². The topological polar surface area (TPSA) is 117 Å². The zero-order valence-corrected chi connectivity index (χ0v) is 11.6. The molecule has 0 saturated heterocycles. The number of ether oxygens (including phenoxy) is 2. The number of carbonyl (C=O) groups excluding carboxylic acids is 1. The summed E-state index contributed by atoms with van der Waals surface area (Å²) in [7, 11) is 0. The van der Waals surface area contributed by atoms with Crippen molar-refractivity contribution in [1.29, 1.82) is 0 Å². The lowest BCUT2D eigenvalue weighted by Gasteiger charge is -2.09. The Labute approximate surface area is 121 Å². The van der Waals surface area contributed by atoms with Gasteiger partial charge < -0.3 is 20.5 Å². The molecule has 0 radical (unpaired) electrons. The molecule has 0 aliphatic carbocycles. The van der Waals surface area contributed by atoms with E-state index in [4.69, 9.17) is 15.2 Å². The smallest absolute Gasteiger partial charge is 0.296 e. The molecule has 1 atom stereocenters. The maximum absolute atomic E-state index is 11.9. The minimum Gasteiger partial charge on any atom is -0.454 e. The number of hydrogen-bond acceptors (Lipinski definition) is 6. The minimum absolute atomic E-state index is 0.0118. The molecule has 1 aliphatic heterocycles. The Morgan fingerprint density at radius 3 is 2.76 bits per heavy atom. The quantitative estimate of drug-likeness (QED) is 0.608. The number of rotatable bonds is 6. The number of amides is 1. The standard InChI is InChI=1S/C13H17N3O5/c1-8(6-14)2-3-13(17)15-9-4-11-12(21-7-20-11)5-10(9)16(18)19/h4-5,8H,2-3,6-7,14H2,1H3,(H,15,17). The molecule has 2 rings (SSSR count). The minimum atomic E-state index is -0.569. The molecule has 1 unspecified atom stereocenters. The lowest BCUT2D eigenvalue weighted by atomic mass is 10.1. The average molecular weight is 295 g/mol. The lowest BCUT2D eigenvalue weighted by molar-refractivity contribution is -0.384. The van der Waals surface area contributed by atoms with Crippen LogP contribution in [0.25, 0.3) is 0 Å². The number of carbonyl (C=O) groups is 1. The van der Waals surface area contributed by atoms with Crippen molar-refractivity contribution in [2.45, 2.75) is 19.8 Å². The van der Waals surface area contributed by atoms with Crippen LogP contribution in [0.2, 0.25) is 0 Å². The Hall–Kier alpha value is -2.35. The van der Waals surface area contributed by atoms with Gasteiger partial charge in [-0.3, -0.25) is 14.9 Å². The molecule has 8 nitrogen and oxygen atoms in total. The zero-order chi connectivity index (χ0) is 15.4. The largest absolute Gasteiger partial charge is 0.454 e. The second-order valence-corrected chi connectivity index (χ2v) is 4.91. The SMILES string of the molecule is CC(CN)CCC(=O)Nc1cc2c(cc1[N+](=O)[O-])OCO2. The van der Waals surface area contributed by atoms with Gasteiger partial charge in [-0.05, 0) is 18.9 Å². The summed E-state index contributed by atoms with van der Waals surface area (Å²) in [4.78, 5) is 22.3. The van der Waals surface area contributed by atoms with E-state index in [2.05, 4.69) is 5.32 Å². The van der Waals surface area contributed by atoms with Crippen LogP contribution in [-0.2, 0) is 4.79 Å². The third-order valence-corrected chi connectivity index (χ3v) is 3.23. The number of benzene rings is 1. The van der Waals surface area contributed by atoms with Crippen molar-refractivity contribution in [3.05, 3.63) is 22.2 Å². The Bertz CT molecular complexity index is 561. The molecule has 8 heteroatoms. The summed E-state index contributed by atoms with van der Waals surface area (Å²) in [5, 5.41) is 13.6. The van der Waals surface area contributed by atoms with Gasteiger partial charge in [0, 0.05) is 12.5 Å². The summed E-state index contributed by atoms with van der Waals surface area (Å²) >= 11 is 0. The summed E-state index contributed by atoms with van der Waals surface area (Å²) in [5.41, 5.74) is 5.37. The van der Waals surface area contributed by atoms with Crippen molar-refractivity contribution in [2.24, 2.45) is 11.7 Å². The maximum atomic E-state index is 11.9. The number of fused-ring (bicyclic) bond motifs is 1. The molecule has 3 N–H and O–H groups in total. The number of nitro benzene ring substituents is 1. The van der Waals surface area contributed by atoms with Crippen LogP contribution in [-0.4, -0.2) is 24.2 Å². The highest BCUT2D eigenvalue weighted by Gasteiger charge is 2.24. The number of nitrogens with one attached hydrogen (secondary N) is 1. The first-order valence-electron chi connectivity index (χ1n) is 6.59. The fourth-order valence-corrected chi connectivity index (χ4v) is 1.89. The van der Waals surface area contributed by atoms with Gasteiger partial charge in [-0.15, -0.1) is 0 Å². The summed E-state index contributed by atoms with van der Waals surface area (Å²) in [6, 6.07) is 2.66. The number of anilines is 1. The van der Waals surface area contributed by atoms with Crippen LogP contribution in [0.5, 0.6) is 11.5 Å². The van der Waals surface area contributed by atoms with Crippen LogP contribution in [0.1, 0.15) is 19.8 Å². The van der Waals surface area contributed by atoms with E-state index in [0.717, 1.165) is 0 Å². The van der Waals surface area contributed by atoms with Crippen molar-refractivity contribution >= 4 is 17.3 Å². The highest BCUT2D eigenvalue weighted by molar-refractivity contribution is 5.93. The molecular formula is C13H17N3O5. The first kappa shape index (κ1) is 15.0. The number of nitrogens with zero attached hydrogens (tertiary/aromatic N) is 1. The van der Waals surface area contributed by atoms with E-state index in [0.29, 0.717) is 24.5 Å². The molecule has 1 amide bonds. The summed E-state index contributed by atoms with van der Waals surface area (Å²) in [5.74, 6) is 0.613. The zero-order valence-electron chi connectivity index (χ0n) is 11.6. The average Bonchev–Trinajstić information content (AvgIpc) is 2.90. The van der Waals surface area contributed by atoms with Gasteiger partial charge in [0.1, 0.15) is 5.69 Å². The van der Waals surface area contributed by atoms with Gasteiger partial charge in [0.05, 0.1) is 11.0 Å². The molecule has 0 bridgehead atoms. The Morgan fingerprint density at radius 1 is 1.48 bits per heavy atom. The van der Waals surface area contributed by atoms with Crippen LogP contribution in [0.3, 0.4) is 0 Å². The monoisotopic (exact) mass is 295 g/mol. The first-order chi connectivity index (χ1) is 10.0. The van der Waals surface area contributed by atoms with Gasteiger partial charge >= 0.3 is 0 Å². The molecule has 1 aliphatic rings. The van der Waals surface area contributed by atoms with Gasteiger partial charge in [-0.25, -0.2) is 0 Å². The predicted octanol–water partition coefficient (Wildman–Crippen LogP) is 1.64. The fourth-order valence-electron chi connectivity index (χ4n) is 1.89. The number of nitro groups is 1. The fraction of sp³-hybridized carbons (Fsp3) is 0.462. The van der Waals surface area contributed by atoms with Crippen molar-refractivity contribution in [2.75, 3.05) is 18.7 Å². The summed E-state index contributed by atoms with van der Waals surface area (Å²) in [6.07, 6.45) is 0.880. The van der Waals surface area contributed by atoms with E-state index in [1.54, 1.807) is 0 Å². The molecule has 0 saturated carbocycles. The van der Waals surface area contributed by atoms with Crippen molar-refractivity contribution < 1.29 is 19.2 Å². The third kappa shape index (κ3) is 3.60. The van der Waals surface area contributed by atoms with Crippen LogP contribution in [0, 0.1) is 16.0 Å². The Kier molecular flexibility index (Phi) is 4.59. The van der Waals surface area contributed by atoms with Crippen LogP contribution < -0.4 is 20.5 Å². The van der Waals surface area contributed by atoms with Crippen molar-refractivity contribution in [3.63, 3.8) is 0 Å². The molecule has 0 fully saturated rings. The Balaban J connectivity index is 2.11. The van der Waals surface area contributed by atoms with Gasteiger partial charge in [0.2, 0.25) is 12.7 Å². The van der Waals surface area contributed by atoms with E-state index in [1.165, 1.54) is 12.1 Å². The normalized spacial score (nSPS) is 13.8. The molecule has 21 heavy (non-hydrogen) atoms. The maximum Gasteiger partial charge on any atom is 0.296 e. The summed E-state index contributed by atoms with van der Waals surface area (Å²) in [6.45, 7) is 2.45. The van der Waals surface area contributed by atoms with E-state index < -0.39 is 4.92 Å². The van der Waals surface area contributed by atoms with Gasteiger partial charge in [0.25, 0.3) is 5.69 Å². The van der Waals surface area contributed by atoms with E-state index in [9.17, 15) is 14.9 Å². The second-order valence-electron chi connectivity index (χ2n) is 4.91. The van der Waals surface area contributed by atoms with Crippen molar-refractivity contribution in [1.82, 2.24) is 0 Å². The van der Waals surface area contributed by atoms with E-state index in [-0.39, 0.29) is 36.4 Å². The van der Waals surface area contributed by atoms with Crippen LogP contribution in [0.15, 0.2) is 12.1 Å². The number of nitrogens with two attached hydrogens (primary N) is 1. The van der Waals surface area contributed by atoms with Crippen molar-refractivity contribution in [3.8, 4) is 11.5 Å². The lowest BCUT2D eigenvalue weighted by Crippen LogP contribution is -2.17. The third-order valence-electron chi connectivity index (χ3n) is 3.23. The highest BCUT2D eigenvalue weighted by atomic mass is 16.7. The van der Waals surface area contributed by atoms with Gasteiger partial charge in [-0.2, -0.15) is 0 Å². The van der Waals surface area contributed by atoms with Gasteiger partial charge in [0.15, 0.2) is 11.5 Å². The van der Waals surface area contributed by atoms with Gasteiger partial charge in [-0.1, -0.05) is 6.92 Å². The van der Waals surface area contributed by atoms with Crippen LogP contribution >= 0.6 is 0 Å². The summed E-state index contributed by atoms with van der Waals surface area (Å²) < 4.78 is 10.2. The molecule has 1 aromatic carbocycles. The highest BCUT2D eigenvalue weighted by Crippen LogP contribution is 2.40. The molecule has 1 aromatic rings. The predicted molar refractivity (Wildman–Crippen MR) is 75.3 cm³/mol. The Morgan fingerprint density at radius 2 is 2.14 bits per heavy atom. The first-order valence-corrected chi connectivity index (χ1v) is 6.59. The number of hydrogen-bond donors (Lipinski definition) is 2.